The minimum absolute atomic E-state index is 0.150. The molecule has 1 aromatic heterocycles. The monoisotopic (exact) mass is 307 g/mol. The topological polar surface area (TPSA) is 112 Å². The summed E-state index contributed by atoms with van der Waals surface area (Å²) < 4.78 is 7.12. The summed E-state index contributed by atoms with van der Waals surface area (Å²) in [6.45, 7) is -0.407. The molecule has 1 saturated heterocycles. The Hall–Kier alpha value is -1.93. The smallest absolute Gasteiger partial charge is 0.307 e. The Labute approximate surface area is 126 Å². The second kappa shape index (κ2) is 5.69. The summed E-state index contributed by atoms with van der Waals surface area (Å²) in [6, 6.07) is 7.18. The number of fused-ring (bicyclic) bond motifs is 1. The molecule has 2 aromatic rings. The maximum atomic E-state index is 11.0. The number of carboxylic acid groups (broad SMARTS) is 1. The number of carbonyl (C=O) groups is 1. The summed E-state index contributed by atoms with van der Waals surface area (Å²) in [6.07, 6.45) is -2.69. The second-order valence-corrected chi connectivity index (χ2v) is 5.38. The molecule has 0 spiro atoms. The lowest BCUT2D eigenvalue weighted by molar-refractivity contribution is -0.136. The number of aliphatic hydroxyl groups excluding tert-OH is 3. The number of carboxylic acids is 1. The SMILES string of the molecule is O=C(O)Cc1cn([C@@H]2O[C@H](CO)[C@@H](O)[C@H]2O)c2ccccc12. The first-order chi connectivity index (χ1) is 10.5. The van der Waals surface area contributed by atoms with E-state index in [-0.39, 0.29) is 6.42 Å². The molecule has 4 atom stereocenters. The minimum Gasteiger partial charge on any atom is -0.481 e. The highest BCUT2D eigenvalue weighted by Gasteiger charge is 2.43. The van der Waals surface area contributed by atoms with E-state index in [4.69, 9.17) is 9.84 Å². The van der Waals surface area contributed by atoms with Crippen molar-refractivity contribution in [1.29, 1.82) is 0 Å². The number of benzene rings is 1. The van der Waals surface area contributed by atoms with Crippen LogP contribution in [0.4, 0.5) is 0 Å². The van der Waals surface area contributed by atoms with Gasteiger partial charge in [0.2, 0.25) is 0 Å². The van der Waals surface area contributed by atoms with Crippen LogP contribution >= 0.6 is 0 Å². The predicted molar refractivity (Wildman–Crippen MR) is 76.3 cm³/mol. The summed E-state index contributed by atoms with van der Waals surface area (Å²) in [5, 5.41) is 38.9. The lowest BCUT2D eigenvalue weighted by Gasteiger charge is -2.17. The molecule has 0 unspecified atom stereocenters. The van der Waals surface area contributed by atoms with Gasteiger partial charge in [-0.05, 0) is 11.6 Å². The highest BCUT2D eigenvalue weighted by molar-refractivity contribution is 5.87. The molecule has 1 aliphatic rings. The fourth-order valence-electron chi connectivity index (χ4n) is 2.90. The molecular weight excluding hydrogens is 290 g/mol. The van der Waals surface area contributed by atoms with E-state index in [0.717, 1.165) is 5.39 Å². The van der Waals surface area contributed by atoms with Crippen LogP contribution in [-0.4, -0.2) is 55.9 Å². The molecule has 1 fully saturated rings. The molecule has 118 valence electrons. The number of aliphatic hydroxyl groups is 3. The Bertz CT molecular complexity index is 696. The molecule has 0 aliphatic carbocycles. The van der Waals surface area contributed by atoms with Crippen molar-refractivity contribution in [2.75, 3.05) is 6.61 Å². The first-order valence-corrected chi connectivity index (χ1v) is 6.95. The van der Waals surface area contributed by atoms with Crippen LogP contribution in [0.2, 0.25) is 0 Å². The van der Waals surface area contributed by atoms with E-state index < -0.39 is 37.1 Å². The van der Waals surface area contributed by atoms with Gasteiger partial charge in [-0.3, -0.25) is 4.79 Å². The van der Waals surface area contributed by atoms with Crippen molar-refractivity contribution >= 4 is 16.9 Å². The second-order valence-electron chi connectivity index (χ2n) is 5.38. The van der Waals surface area contributed by atoms with Crippen LogP contribution in [0.1, 0.15) is 11.8 Å². The maximum absolute atomic E-state index is 11.0. The molecule has 2 heterocycles. The van der Waals surface area contributed by atoms with E-state index in [0.29, 0.717) is 11.1 Å². The van der Waals surface area contributed by atoms with Gasteiger partial charge in [0.25, 0.3) is 0 Å². The van der Waals surface area contributed by atoms with Crippen LogP contribution in [0.5, 0.6) is 0 Å². The summed E-state index contributed by atoms with van der Waals surface area (Å²) in [5.41, 5.74) is 1.30. The van der Waals surface area contributed by atoms with Gasteiger partial charge in [-0.2, -0.15) is 0 Å². The third kappa shape index (κ3) is 2.38. The van der Waals surface area contributed by atoms with Crippen LogP contribution in [0.25, 0.3) is 10.9 Å². The van der Waals surface area contributed by atoms with Gasteiger partial charge in [0.1, 0.15) is 18.3 Å². The molecule has 1 aliphatic heterocycles. The Morgan fingerprint density at radius 3 is 2.59 bits per heavy atom. The van der Waals surface area contributed by atoms with Gasteiger partial charge in [0.05, 0.1) is 18.5 Å². The average Bonchev–Trinajstić information content (AvgIpc) is 2.99. The number of para-hydroxylation sites is 1. The van der Waals surface area contributed by atoms with Crippen molar-refractivity contribution < 1.29 is 30.0 Å². The van der Waals surface area contributed by atoms with E-state index in [1.807, 2.05) is 0 Å². The van der Waals surface area contributed by atoms with Gasteiger partial charge in [-0.15, -0.1) is 0 Å². The van der Waals surface area contributed by atoms with Crippen LogP contribution in [0, 0.1) is 0 Å². The molecule has 7 nitrogen and oxygen atoms in total. The van der Waals surface area contributed by atoms with Crippen molar-refractivity contribution in [1.82, 2.24) is 4.57 Å². The number of aliphatic carboxylic acids is 1. The van der Waals surface area contributed by atoms with Gasteiger partial charge in [-0.1, -0.05) is 18.2 Å². The van der Waals surface area contributed by atoms with Crippen LogP contribution < -0.4 is 0 Å². The predicted octanol–water partition coefficient (Wildman–Crippen LogP) is -0.120. The quantitative estimate of drug-likeness (QED) is 0.626. The third-order valence-corrected chi connectivity index (χ3v) is 3.96. The molecule has 7 heteroatoms. The largest absolute Gasteiger partial charge is 0.481 e. The van der Waals surface area contributed by atoms with Crippen molar-refractivity contribution in [3.05, 3.63) is 36.0 Å². The van der Waals surface area contributed by atoms with E-state index in [9.17, 15) is 20.1 Å². The third-order valence-electron chi connectivity index (χ3n) is 3.96. The molecule has 0 radical (unpaired) electrons. The van der Waals surface area contributed by atoms with Gasteiger partial charge >= 0.3 is 5.97 Å². The highest BCUT2D eigenvalue weighted by atomic mass is 16.6. The van der Waals surface area contributed by atoms with Gasteiger partial charge in [-0.25, -0.2) is 0 Å². The summed E-state index contributed by atoms with van der Waals surface area (Å²) in [4.78, 5) is 11.0. The minimum atomic E-state index is -1.20. The zero-order valence-electron chi connectivity index (χ0n) is 11.7. The van der Waals surface area contributed by atoms with E-state index >= 15 is 0 Å². The number of hydrogen-bond acceptors (Lipinski definition) is 5. The van der Waals surface area contributed by atoms with Crippen LogP contribution in [-0.2, 0) is 16.0 Å². The Morgan fingerprint density at radius 2 is 1.95 bits per heavy atom. The molecule has 0 saturated carbocycles. The fraction of sp³-hybridized carbons (Fsp3) is 0.400. The maximum Gasteiger partial charge on any atom is 0.307 e. The van der Waals surface area contributed by atoms with Gasteiger partial charge < -0.3 is 29.7 Å². The van der Waals surface area contributed by atoms with Gasteiger partial charge in [0, 0.05) is 11.6 Å². The number of nitrogens with zero attached hydrogens (tertiary/aromatic N) is 1. The number of hydrogen-bond donors (Lipinski definition) is 4. The number of ether oxygens (including phenoxy) is 1. The zero-order chi connectivity index (χ0) is 15.9. The summed E-state index contributed by atoms with van der Waals surface area (Å²) in [5.74, 6) is -0.955. The molecular formula is C15H17NO6. The van der Waals surface area contributed by atoms with Crippen LogP contribution in [0.15, 0.2) is 30.5 Å². The van der Waals surface area contributed by atoms with Crippen molar-refractivity contribution in [2.24, 2.45) is 0 Å². The standard InChI is InChI=1S/C15H17NO6/c17-7-11-13(20)14(21)15(22-11)16-6-8(5-12(18)19)9-3-1-2-4-10(9)16/h1-4,6,11,13-15,17,20-21H,5,7H2,(H,18,19)/t11-,13-,14-,15-/m1/s1. The summed E-state index contributed by atoms with van der Waals surface area (Å²) in [7, 11) is 0. The Balaban J connectivity index is 2.06. The molecule has 4 N–H and O–H groups in total. The number of aromatic nitrogens is 1. The number of rotatable bonds is 4. The average molecular weight is 307 g/mol. The van der Waals surface area contributed by atoms with E-state index in [1.165, 1.54) is 0 Å². The van der Waals surface area contributed by atoms with Crippen LogP contribution in [0.3, 0.4) is 0 Å². The lowest BCUT2D eigenvalue weighted by atomic mass is 10.1. The molecule has 1 aromatic carbocycles. The van der Waals surface area contributed by atoms with Crippen molar-refractivity contribution in [3.8, 4) is 0 Å². The molecule has 0 bridgehead atoms. The lowest BCUT2D eigenvalue weighted by Crippen LogP contribution is -2.33. The normalized spacial score (nSPS) is 28.3. The first-order valence-electron chi connectivity index (χ1n) is 6.95. The highest BCUT2D eigenvalue weighted by Crippen LogP contribution is 2.34. The van der Waals surface area contributed by atoms with E-state index in [2.05, 4.69) is 0 Å². The van der Waals surface area contributed by atoms with Crippen molar-refractivity contribution in [3.63, 3.8) is 0 Å². The zero-order valence-corrected chi connectivity index (χ0v) is 11.7. The van der Waals surface area contributed by atoms with Crippen molar-refractivity contribution in [2.45, 2.75) is 31.0 Å². The Morgan fingerprint density at radius 1 is 1.23 bits per heavy atom. The molecule has 22 heavy (non-hydrogen) atoms. The molecule has 3 rings (SSSR count). The fourth-order valence-corrected chi connectivity index (χ4v) is 2.90. The Kier molecular flexibility index (Phi) is 3.88. The van der Waals surface area contributed by atoms with Gasteiger partial charge in [0.15, 0.2) is 6.23 Å². The molecule has 0 amide bonds. The van der Waals surface area contributed by atoms with E-state index in [1.54, 1.807) is 35.0 Å². The summed E-state index contributed by atoms with van der Waals surface area (Å²) >= 11 is 0. The first kappa shape index (κ1) is 15.0.